The third-order valence-electron chi connectivity index (χ3n) is 6.20. The van der Waals surface area contributed by atoms with E-state index in [9.17, 15) is 13.2 Å². The van der Waals surface area contributed by atoms with Crippen LogP contribution in [0.2, 0.25) is 0 Å². The molecular formula is C24H31F3N8O. The SMILES string of the molecule is CCOc1c(N)ncnc1N1CCC(c2nc(-c3ccnc(C(F)(F)F)c3)cn2CCN(C)C)CC1. The van der Waals surface area contributed by atoms with Crippen LogP contribution in [0.5, 0.6) is 5.75 Å². The first-order chi connectivity index (χ1) is 17.2. The highest BCUT2D eigenvalue weighted by Crippen LogP contribution is 2.36. The highest BCUT2D eigenvalue weighted by atomic mass is 19.4. The van der Waals surface area contributed by atoms with E-state index in [0.29, 0.717) is 54.9 Å². The number of nitrogens with two attached hydrogens (primary N) is 1. The Morgan fingerprint density at radius 2 is 1.92 bits per heavy atom. The van der Waals surface area contributed by atoms with Crippen LogP contribution in [0.25, 0.3) is 11.3 Å². The van der Waals surface area contributed by atoms with Crippen molar-refractivity contribution >= 4 is 11.6 Å². The Bertz CT molecular complexity index is 1170. The zero-order chi connectivity index (χ0) is 25.9. The number of ether oxygens (including phenoxy) is 1. The number of anilines is 2. The summed E-state index contributed by atoms with van der Waals surface area (Å²) in [5.74, 6) is 2.51. The molecule has 1 fully saturated rings. The maximum absolute atomic E-state index is 13.2. The first-order valence-electron chi connectivity index (χ1n) is 11.9. The molecule has 0 atom stereocenters. The number of nitrogen functional groups attached to an aromatic ring is 1. The summed E-state index contributed by atoms with van der Waals surface area (Å²) < 4.78 is 47.4. The molecule has 0 aliphatic carbocycles. The number of pyridine rings is 1. The second-order valence-corrected chi connectivity index (χ2v) is 9.01. The quantitative estimate of drug-likeness (QED) is 0.496. The number of hydrogen-bond donors (Lipinski definition) is 1. The Labute approximate surface area is 208 Å². The Hall–Kier alpha value is -3.41. The van der Waals surface area contributed by atoms with Crippen molar-refractivity contribution in [2.24, 2.45) is 0 Å². The molecule has 36 heavy (non-hydrogen) atoms. The van der Waals surface area contributed by atoms with Crippen LogP contribution in [-0.4, -0.2) is 69.7 Å². The standard InChI is InChI=1S/C24H31F3N8O/c1-4-36-20-21(28)30-15-31-23(20)34-9-6-16(7-10-34)22-32-18(14-35(22)12-11-33(2)3)17-5-8-29-19(13-17)24(25,26)27/h5,8,13-16H,4,6-7,9-12H2,1-3H3,(H2,28,30,31). The van der Waals surface area contributed by atoms with Crippen molar-refractivity contribution in [3.05, 3.63) is 42.4 Å². The molecule has 0 radical (unpaired) electrons. The monoisotopic (exact) mass is 504 g/mol. The number of halogens is 3. The van der Waals surface area contributed by atoms with Crippen LogP contribution in [-0.2, 0) is 12.7 Å². The van der Waals surface area contributed by atoms with E-state index in [4.69, 9.17) is 15.5 Å². The number of nitrogens with zero attached hydrogens (tertiary/aromatic N) is 7. The molecule has 2 N–H and O–H groups in total. The van der Waals surface area contributed by atoms with Gasteiger partial charge >= 0.3 is 6.18 Å². The summed E-state index contributed by atoms with van der Waals surface area (Å²) >= 11 is 0. The highest BCUT2D eigenvalue weighted by Gasteiger charge is 2.33. The van der Waals surface area contributed by atoms with Crippen molar-refractivity contribution in [1.82, 2.24) is 29.4 Å². The van der Waals surface area contributed by atoms with E-state index in [1.54, 1.807) is 6.07 Å². The lowest BCUT2D eigenvalue weighted by atomic mass is 9.95. The summed E-state index contributed by atoms with van der Waals surface area (Å²) in [6.07, 6.45) is 1.56. The summed E-state index contributed by atoms with van der Waals surface area (Å²) in [4.78, 5) is 20.9. The van der Waals surface area contributed by atoms with E-state index in [0.717, 1.165) is 31.3 Å². The second kappa shape index (κ2) is 10.7. The van der Waals surface area contributed by atoms with Gasteiger partial charge in [-0.1, -0.05) is 0 Å². The van der Waals surface area contributed by atoms with Gasteiger partial charge in [0.15, 0.2) is 11.6 Å². The molecule has 12 heteroatoms. The first-order valence-corrected chi connectivity index (χ1v) is 11.9. The minimum absolute atomic E-state index is 0.149. The van der Waals surface area contributed by atoms with Crippen LogP contribution in [0.4, 0.5) is 24.8 Å². The Balaban J connectivity index is 1.58. The molecule has 3 aromatic rings. The fourth-order valence-corrected chi connectivity index (χ4v) is 4.36. The van der Waals surface area contributed by atoms with Crippen LogP contribution >= 0.6 is 0 Å². The molecule has 1 aliphatic rings. The van der Waals surface area contributed by atoms with Gasteiger partial charge in [-0.2, -0.15) is 13.2 Å². The van der Waals surface area contributed by atoms with E-state index in [1.807, 2.05) is 27.2 Å². The number of piperidine rings is 1. The molecule has 0 unspecified atom stereocenters. The predicted octanol–water partition coefficient (Wildman–Crippen LogP) is 3.68. The van der Waals surface area contributed by atoms with Gasteiger partial charge in [-0.15, -0.1) is 0 Å². The van der Waals surface area contributed by atoms with Gasteiger partial charge in [-0.3, -0.25) is 4.98 Å². The van der Waals surface area contributed by atoms with Crippen molar-refractivity contribution in [3.63, 3.8) is 0 Å². The van der Waals surface area contributed by atoms with E-state index in [1.165, 1.54) is 12.5 Å². The van der Waals surface area contributed by atoms with Gasteiger partial charge in [-0.05, 0) is 46.0 Å². The lowest BCUT2D eigenvalue weighted by Gasteiger charge is -2.33. The van der Waals surface area contributed by atoms with Crippen LogP contribution in [0.1, 0.15) is 37.2 Å². The van der Waals surface area contributed by atoms with E-state index >= 15 is 0 Å². The smallest absolute Gasteiger partial charge is 0.433 e. The molecule has 194 valence electrons. The molecule has 0 saturated carbocycles. The molecule has 0 bridgehead atoms. The number of imidazole rings is 1. The maximum Gasteiger partial charge on any atom is 0.433 e. The highest BCUT2D eigenvalue weighted by molar-refractivity contribution is 5.63. The number of rotatable bonds is 8. The minimum Gasteiger partial charge on any atom is -0.487 e. The van der Waals surface area contributed by atoms with Gasteiger partial charge in [0, 0.05) is 50.1 Å². The summed E-state index contributed by atoms with van der Waals surface area (Å²) in [6.45, 7) is 5.23. The van der Waals surface area contributed by atoms with E-state index < -0.39 is 11.9 Å². The zero-order valence-corrected chi connectivity index (χ0v) is 20.7. The predicted molar refractivity (Wildman–Crippen MR) is 131 cm³/mol. The second-order valence-electron chi connectivity index (χ2n) is 9.01. The number of hydrogen-bond acceptors (Lipinski definition) is 8. The summed E-state index contributed by atoms with van der Waals surface area (Å²) in [5.41, 5.74) is 6.00. The van der Waals surface area contributed by atoms with Gasteiger partial charge in [0.2, 0.25) is 5.75 Å². The largest absolute Gasteiger partial charge is 0.487 e. The number of aromatic nitrogens is 5. The van der Waals surface area contributed by atoms with Gasteiger partial charge in [0.1, 0.15) is 17.8 Å². The lowest BCUT2D eigenvalue weighted by molar-refractivity contribution is -0.141. The molecule has 1 saturated heterocycles. The molecule has 0 aromatic carbocycles. The van der Waals surface area contributed by atoms with Crippen LogP contribution in [0, 0.1) is 0 Å². The van der Waals surface area contributed by atoms with E-state index in [-0.39, 0.29) is 5.92 Å². The Kier molecular flexibility index (Phi) is 7.62. The molecule has 3 aromatic heterocycles. The van der Waals surface area contributed by atoms with Crippen molar-refractivity contribution < 1.29 is 17.9 Å². The Morgan fingerprint density at radius 1 is 1.17 bits per heavy atom. The molecule has 0 spiro atoms. The maximum atomic E-state index is 13.2. The van der Waals surface area contributed by atoms with Crippen LogP contribution in [0.3, 0.4) is 0 Å². The fraction of sp³-hybridized carbons (Fsp3) is 0.500. The number of likely N-dealkylation sites (N-methyl/N-ethyl adjacent to an activating group) is 1. The molecule has 4 heterocycles. The molecular weight excluding hydrogens is 473 g/mol. The molecule has 1 aliphatic heterocycles. The minimum atomic E-state index is -4.51. The van der Waals surface area contributed by atoms with E-state index in [2.05, 4.69) is 29.3 Å². The average Bonchev–Trinajstić information content (AvgIpc) is 3.28. The molecule has 4 rings (SSSR count). The first kappa shape index (κ1) is 25.7. The van der Waals surface area contributed by atoms with Gasteiger partial charge < -0.3 is 24.8 Å². The third kappa shape index (κ3) is 5.69. The Morgan fingerprint density at radius 3 is 2.58 bits per heavy atom. The third-order valence-corrected chi connectivity index (χ3v) is 6.20. The number of alkyl halides is 3. The fourth-order valence-electron chi connectivity index (χ4n) is 4.36. The summed E-state index contributed by atoms with van der Waals surface area (Å²) in [5, 5.41) is 0. The summed E-state index contributed by atoms with van der Waals surface area (Å²) in [7, 11) is 3.97. The van der Waals surface area contributed by atoms with Crippen molar-refractivity contribution in [2.75, 3.05) is 51.0 Å². The molecule has 0 amide bonds. The van der Waals surface area contributed by atoms with Gasteiger partial charge in [0.25, 0.3) is 0 Å². The van der Waals surface area contributed by atoms with Crippen molar-refractivity contribution in [1.29, 1.82) is 0 Å². The lowest BCUT2D eigenvalue weighted by Crippen LogP contribution is -2.35. The zero-order valence-electron chi connectivity index (χ0n) is 20.7. The topological polar surface area (TPSA) is 98.2 Å². The van der Waals surface area contributed by atoms with Crippen molar-refractivity contribution in [2.45, 2.75) is 38.4 Å². The molecule has 9 nitrogen and oxygen atoms in total. The average molecular weight is 505 g/mol. The van der Waals surface area contributed by atoms with Gasteiger partial charge in [0.05, 0.1) is 12.3 Å². The normalized spacial score (nSPS) is 15.0. The van der Waals surface area contributed by atoms with Crippen LogP contribution in [0.15, 0.2) is 30.9 Å². The van der Waals surface area contributed by atoms with Crippen molar-refractivity contribution in [3.8, 4) is 17.0 Å². The summed E-state index contributed by atoms with van der Waals surface area (Å²) in [6, 6.07) is 2.62. The van der Waals surface area contributed by atoms with Gasteiger partial charge in [-0.25, -0.2) is 15.0 Å². The van der Waals surface area contributed by atoms with Crippen LogP contribution < -0.4 is 15.4 Å².